The van der Waals surface area contributed by atoms with Crippen LogP contribution >= 0.6 is 0 Å². The summed E-state index contributed by atoms with van der Waals surface area (Å²) in [6.07, 6.45) is 1.75. The molecule has 2 aromatic heterocycles. The number of ether oxygens (including phenoxy) is 1. The molecule has 0 saturated carbocycles. The lowest BCUT2D eigenvalue weighted by Crippen LogP contribution is -2.01. The van der Waals surface area contributed by atoms with E-state index in [1.165, 1.54) is 0 Å². The summed E-state index contributed by atoms with van der Waals surface area (Å²) in [5.74, 6) is 1.03. The number of hydrogen-bond acceptors (Lipinski definition) is 6. The zero-order valence-electron chi connectivity index (χ0n) is 12.3. The molecule has 0 aliphatic rings. The minimum Gasteiger partial charge on any atom is -0.480 e. The maximum atomic E-state index is 5.04. The predicted octanol–water partition coefficient (Wildman–Crippen LogP) is 2.65. The van der Waals surface area contributed by atoms with Crippen LogP contribution in [0.1, 0.15) is 0 Å². The molecule has 0 amide bonds. The van der Waals surface area contributed by atoms with Gasteiger partial charge in [-0.25, -0.2) is 9.97 Å². The van der Waals surface area contributed by atoms with E-state index in [0.29, 0.717) is 17.5 Å². The van der Waals surface area contributed by atoms with E-state index in [1.807, 2.05) is 36.4 Å². The molecule has 1 aromatic carbocycles. The predicted molar refractivity (Wildman–Crippen MR) is 84.6 cm³/mol. The van der Waals surface area contributed by atoms with E-state index < -0.39 is 0 Å². The Kier molecular flexibility index (Phi) is 3.91. The topological polar surface area (TPSA) is 72.8 Å². The highest BCUT2D eigenvalue weighted by atomic mass is 16.5. The maximum absolute atomic E-state index is 5.04. The van der Waals surface area contributed by atoms with Gasteiger partial charge in [-0.05, 0) is 6.07 Å². The third-order valence-corrected chi connectivity index (χ3v) is 3.18. The minimum atomic E-state index is 0.470. The van der Waals surface area contributed by atoms with Crippen LogP contribution in [0.25, 0.3) is 22.5 Å². The number of hydrogen-bond donors (Lipinski definition) is 1. The van der Waals surface area contributed by atoms with Gasteiger partial charge < -0.3 is 10.1 Å². The molecule has 6 nitrogen and oxygen atoms in total. The van der Waals surface area contributed by atoms with Gasteiger partial charge >= 0.3 is 0 Å². The summed E-state index contributed by atoms with van der Waals surface area (Å²) in [6, 6.07) is 13.5. The molecule has 6 heteroatoms. The molecule has 0 bridgehead atoms. The van der Waals surface area contributed by atoms with Crippen LogP contribution in [-0.4, -0.2) is 34.3 Å². The Labute approximate surface area is 128 Å². The highest BCUT2D eigenvalue weighted by molar-refractivity contribution is 5.78. The van der Waals surface area contributed by atoms with Crippen molar-refractivity contribution in [2.75, 3.05) is 19.5 Å². The molecule has 22 heavy (non-hydrogen) atoms. The van der Waals surface area contributed by atoms with Crippen molar-refractivity contribution in [1.29, 1.82) is 0 Å². The number of rotatable bonds is 4. The fraction of sp³-hybridized carbons (Fsp3) is 0.125. The Morgan fingerprint density at radius 3 is 2.45 bits per heavy atom. The van der Waals surface area contributed by atoms with Gasteiger partial charge in [-0.1, -0.05) is 30.3 Å². The van der Waals surface area contributed by atoms with Crippen LogP contribution in [0.2, 0.25) is 0 Å². The van der Waals surface area contributed by atoms with Crippen molar-refractivity contribution < 1.29 is 4.74 Å². The largest absolute Gasteiger partial charge is 0.480 e. The lowest BCUT2D eigenvalue weighted by atomic mass is 10.0. The number of benzene rings is 1. The maximum Gasteiger partial charge on any atom is 0.233 e. The van der Waals surface area contributed by atoms with Crippen LogP contribution in [0.15, 0.2) is 48.7 Å². The molecule has 0 aliphatic heterocycles. The summed E-state index contributed by atoms with van der Waals surface area (Å²) in [5, 5.41) is 11.1. The van der Waals surface area contributed by atoms with E-state index in [1.54, 1.807) is 26.4 Å². The number of nitrogens with zero attached hydrogens (tertiary/aromatic N) is 4. The van der Waals surface area contributed by atoms with Crippen molar-refractivity contribution in [1.82, 2.24) is 20.2 Å². The molecule has 0 radical (unpaired) electrons. The zero-order chi connectivity index (χ0) is 15.4. The first-order valence-corrected chi connectivity index (χ1v) is 6.80. The van der Waals surface area contributed by atoms with Gasteiger partial charge in [0.1, 0.15) is 0 Å². The standard InChI is InChI=1S/C16H15N5O/c1-17-16-18-10-12(13-8-9-14(22-2)21-20-13)15(19-16)11-6-4-3-5-7-11/h3-10H,1-2H3,(H,17,18,19). The van der Waals surface area contributed by atoms with E-state index in [0.717, 1.165) is 16.8 Å². The van der Waals surface area contributed by atoms with Crippen molar-refractivity contribution in [3.63, 3.8) is 0 Å². The molecule has 3 aromatic rings. The van der Waals surface area contributed by atoms with Crippen molar-refractivity contribution in [3.8, 4) is 28.4 Å². The lowest BCUT2D eigenvalue weighted by Gasteiger charge is -2.09. The second-order valence-electron chi connectivity index (χ2n) is 4.53. The first kappa shape index (κ1) is 13.9. The first-order valence-electron chi connectivity index (χ1n) is 6.80. The average molecular weight is 293 g/mol. The van der Waals surface area contributed by atoms with Gasteiger partial charge in [-0.2, -0.15) is 0 Å². The molecule has 0 unspecified atom stereocenters. The van der Waals surface area contributed by atoms with Gasteiger partial charge in [0.2, 0.25) is 11.8 Å². The number of anilines is 1. The Morgan fingerprint density at radius 2 is 1.82 bits per heavy atom. The monoisotopic (exact) mass is 293 g/mol. The van der Waals surface area contributed by atoms with Gasteiger partial charge in [-0.3, -0.25) is 0 Å². The normalized spacial score (nSPS) is 10.3. The number of aromatic nitrogens is 4. The number of methoxy groups -OCH3 is 1. The Balaban J connectivity index is 2.14. The van der Waals surface area contributed by atoms with Crippen LogP contribution in [0, 0.1) is 0 Å². The van der Waals surface area contributed by atoms with Crippen molar-refractivity contribution in [2.24, 2.45) is 0 Å². The summed E-state index contributed by atoms with van der Waals surface area (Å²) in [7, 11) is 3.35. The lowest BCUT2D eigenvalue weighted by molar-refractivity contribution is 0.392. The molecule has 1 N–H and O–H groups in total. The van der Waals surface area contributed by atoms with Gasteiger partial charge in [0.25, 0.3) is 0 Å². The van der Waals surface area contributed by atoms with E-state index in [2.05, 4.69) is 25.5 Å². The zero-order valence-corrected chi connectivity index (χ0v) is 12.3. The van der Waals surface area contributed by atoms with Gasteiger partial charge in [0, 0.05) is 30.4 Å². The summed E-state index contributed by atoms with van der Waals surface area (Å²) < 4.78 is 5.04. The van der Waals surface area contributed by atoms with Crippen LogP contribution in [0.5, 0.6) is 5.88 Å². The van der Waals surface area contributed by atoms with Crippen LogP contribution in [0.3, 0.4) is 0 Å². The Hall–Kier alpha value is -3.02. The second-order valence-corrected chi connectivity index (χ2v) is 4.53. The number of nitrogens with one attached hydrogen (secondary N) is 1. The first-order chi connectivity index (χ1) is 10.8. The fourth-order valence-corrected chi connectivity index (χ4v) is 2.08. The fourth-order valence-electron chi connectivity index (χ4n) is 2.08. The van der Waals surface area contributed by atoms with E-state index >= 15 is 0 Å². The van der Waals surface area contributed by atoms with Crippen LogP contribution in [-0.2, 0) is 0 Å². The smallest absolute Gasteiger partial charge is 0.233 e. The second kappa shape index (κ2) is 6.17. The van der Waals surface area contributed by atoms with Crippen molar-refractivity contribution >= 4 is 5.95 Å². The summed E-state index contributed by atoms with van der Waals surface area (Å²) in [5.41, 5.74) is 3.32. The summed E-state index contributed by atoms with van der Waals surface area (Å²) in [4.78, 5) is 8.84. The summed E-state index contributed by atoms with van der Waals surface area (Å²) >= 11 is 0. The highest BCUT2D eigenvalue weighted by Crippen LogP contribution is 2.29. The quantitative estimate of drug-likeness (QED) is 0.797. The minimum absolute atomic E-state index is 0.470. The molecule has 2 heterocycles. The van der Waals surface area contributed by atoms with E-state index in [4.69, 9.17) is 4.74 Å². The average Bonchev–Trinajstić information content (AvgIpc) is 2.62. The van der Waals surface area contributed by atoms with Crippen molar-refractivity contribution in [3.05, 3.63) is 48.7 Å². The molecule has 0 fully saturated rings. The Morgan fingerprint density at radius 1 is 1.00 bits per heavy atom. The molecular weight excluding hydrogens is 278 g/mol. The van der Waals surface area contributed by atoms with E-state index in [-0.39, 0.29) is 0 Å². The molecule has 0 aliphatic carbocycles. The molecule has 3 rings (SSSR count). The van der Waals surface area contributed by atoms with Crippen LogP contribution in [0.4, 0.5) is 5.95 Å². The van der Waals surface area contributed by atoms with Gasteiger partial charge in [-0.15, -0.1) is 10.2 Å². The SMILES string of the molecule is CNc1ncc(-c2ccc(OC)nn2)c(-c2ccccc2)n1. The molecular formula is C16H15N5O. The third-order valence-electron chi connectivity index (χ3n) is 3.18. The third kappa shape index (κ3) is 2.71. The van der Waals surface area contributed by atoms with Crippen molar-refractivity contribution in [2.45, 2.75) is 0 Å². The van der Waals surface area contributed by atoms with E-state index in [9.17, 15) is 0 Å². The molecule has 0 spiro atoms. The Bertz CT molecular complexity index is 759. The van der Waals surface area contributed by atoms with Gasteiger partial charge in [0.15, 0.2) is 0 Å². The molecule has 110 valence electrons. The summed E-state index contributed by atoms with van der Waals surface area (Å²) in [6.45, 7) is 0. The highest BCUT2D eigenvalue weighted by Gasteiger charge is 2.12. The molecule has 0 saturated heterocycles. The molecule has 0 atom stereocenters. The van der Waals surface area contributed by atoms with Gasteiger partial charge in [0.05, 0.1) is 18.5 Å². The van der Waals surface area contributed by atoms with Crippen LogP contribution < -0.4 is 10.1 Å².